The Bertz CT molecular complexity index is 400. The highest BCUT2D eigenvalue weighted by molar-refractivity contribution is 7.15. The largest absolute Gasteiger partial charge is 0.348 e. The molecule has 108 valence electrons. The molecule has 1 unspecified atom stereocenters. The topological polar surface area (TPSA) is 28.2 Å². The Morgan fingerprint density at radius 1 is 1.42 bits per heavy atom. The van der Waals surface area contributed by atoms with Crippen molar-refractivity contribution >= 4 is 16.5 Å². The summed E-state index contributed by atoms with van der Waals surface area (Å²) in [4.78, 5) is 8.46. The first-order valence-corrected chi connectivity index (χ1v) is 8.27. The quantitative estimate of drug-likeness (QED) is 0.909. The molecule has 0 saturated carbocycles. The normalized spacial score (nSPS) is 21.2. The molecule has 0 amide bonds. The Labute approximate surface area is 121 Å². The van der Waals surface area contributed by atoms with Crippen LogP contribution in [0.4, 0.5) is 5.13 Å². The summed E-state index contributed by atoms with van der Waals surface area (Å²) >= 11 is 1.85. The van der Waals surface area contributed by atoms with Crippen LogP contribution in [0, 0.1) is 5.41 Å². The van der Waals surface area contributed by atoms with Gasteiger partial charge in [-0.25, -0.2) is 4.98 Å². The van der Waals surface area contributed by atoms with E-state index in [-0.39, 0.29) is 0 Å². The highest BCUT2D eigenvalue weighted by Crippen LogP contribution is 2.34. The maximum atomic E-state index is 4.64. The molecule has 1 aliphatic heterocycles. The summed E-state index contributed by atoms with van der Waals surface area (Å²) in [6, 6.07) is 0.416. The van der Waals surface area contributed by atoms with Crippen molar-refractivity contribution in [2.75, 3.05) is 24.5 Å². The van der Waals surface area contributed by atoms with Crippen LogP contribution in [-0.4, -0.2) is 24.6 Å². The maximum Gasteiger partial charge on any atom is 0.185 e. The summed E-state index contributed by atoms with van der Waals surface area (Å²) in [5.74, 6) is 0. The highest BCUT2D eigenvalue weighted by atomic mass is 32.1. The molecule has 0 aromatic carbocycles. The van der Waals surface area contributed by atoms with E-state index in [1.54, 1.807) is 0 Å². The van der Waals surface area contributed by atoms with Gasteiger partial charge >= 0.3 is 0 Å². The van der Waals surface area contributed by atoms with Gasteiger partial charge in [-0.15, -0.1) is 11.3 Å². The number of aromatic nitrogens is 1. The van der Waals surface area contributed by atoms with Gasteiger partial charge in [0.05, 0.1) is 0 Å². The number of nitrogens with one attached hydrogen (secondary N) is 1. The van der Waals surface area contributed by atoms with Gasteiger partial charge in [0.25, 0.3) is 0 Å². The van der Waals surface area contributed by atoms with Crippen molar-refractivity contribution in [1.82, 2.24) is 10.3 Å². The highest BCUT2D eigenvalue weighted by Gasteiger charge is 2.24. The number of hydrogen-bond donors (Lipinski definition) is 1. The molecule has 2 rings (SSSR count). The van der Waals surface area contributed by atoms with E-state index in [0.29, 0.717) is 11.5 Å². The Morgan fingerprint density at radius 2 is 2.21 bits per heavy atom. The minimum Gasteiger partial charge on any atom is -0.348 e. The predicted octanol–water partition coefficient (Wildman–Crippen LogP) is 3.83. The molecule has 0 bridgehead atoms. The summed E-state index contributed by atoms with van der Waals surface area (Å²) in [6.07, 6.45) is 5.92. The van der Waals surface area contributed by atoms with Crippen molar-refractivity contribution in [3.05, 3.63) is 11.1 Å². The molecule has 2 heterocycles. The summed E-state index contributed by atoms with van der Waals surface area (Å²) in [5.41, 5.74) is 0.492. The Morgan fingerprint density at radius 3 is 2.95 bits per heavy atom. The van der Waals surface area contributed by atoms with Crippen LogP contribution < -0.4 is 10.2 Å². The molecule has 3 nitrogen and oxygen atoms in total. The first-order chi connectivity index (χ1) is 9.02. The van der Waals surface area contributed by atoms with Gasteiger partial charge in [-0.1, -0.05) is 20.8 Å². The third-order valence-corrected chi connectivity index (χ3v) is 5.30. The molecular weight excluding hydrogens is 254 g/mol. The SMILES string of the molecule is CCNC(C)c1cnc(N2CCCC(C)(C)CC2)s1. The van der Waals surface area contributed by atoms with Crippen LogP contribution in [0.2, 0.25) is 0 Å². The van der Waals surface area contributed by atoms with E-state index in [2.05, 4.69) is 42.9 Å². The summed E-state index contributed by atoms with van der Waals surface area (Å²) in [5, 5.41) is 4.66. The van der Waals surface area contributed by atoms with E-state index < -0.39 is 0 Å². The number of nitrogens with zero attached hydrogens (tertiary/aromatic N) is 2. The number of anilines is 1. The Hall–Kier alpha value is -0.610. The van der Waals surface area contributed by atoms with E-state index in [0.717, 1.165) is 19.6 Å². The first-order valence-electron chi connectivity index (χ1n) is 7.46. The van der Waals surface area contributed by atoms with Gasteiger partial charge in [-0.3, -0.25) is 0 Å². The fraction of sp³-hybridized carbons (Fsp3) is 0.800. The minimum atomic E-state index is 0.416. The van der Waals surface area contributed by atoms with Crippen LogP contribution in [0.25, 0.3) is 0 Å². The zero-order valence-electron chi connectivity index (χ0n) is 12.7. The zero-order chi connectivity index (χ0) is 13.9. The lowest BCUT2D eigenvalue weighted by Crippen LogP contribution is -2.24. The molecule has 1 aromatic heterocycles. The van der Waals surface area contributed by atoms with E-state index in [9.17, 15) is 0 Å². The fourth-order valence-electron chi connectivity index (χ4n) is 2.64. The average molecular weight is 281 g/mol. The van der Waals surface area contributed by atoms with Gasteiger partial charge in [0.1, 0.15) is 0 Å². The van der Waals surface area contributed by atoms with Gasteiger partial charge in [0.2, 0.25) is 0 Å². The molecule has 1 fully saturated rings. The van der Waals surface area contributed by atoms with E-state index in [1.807, 2.05) is 17.5 Å². The second-order valence-corrected chi connectivity index (χ2v) is 7.37. The second kappa shape index (κ2) is 6.23. The lowest BCUT2D eigenvalue weighted by molar-refractivity contribution is 0.325. The summed E-state index contributed by atoms with van der Waals surface area (Å²) < 4.78 is 0. The molecule has 1 saturated heterocycles. The molecule has 1 aromatic rings. The lowest BCUT2D eigenvalue weighted by Gasteiger charge is -2.23. The van der Waals surface area contributed by atoms with Crippen molar-refractivity contribution < 1.29 is 0 Å². The van der Waals surface area contributed by atoms with E-state index in [1.165, 1.54) is 29.3 Å². The number of thiazole rings is 1. The van der Waals surface area contributed by atoms with E-state index in [4.69, 9.17) is 0 Å². The third-order valence-electron chi connectivity index (χ3n) is 4.06. The fourth-order valence-corrected chi connectivity index (χ4v) is 3.64. The lowest BCUT2D eigenvalue weighted by atomic mass is 9.85. The van der Waals surface area contributed by atoms with Crippen LogP contribution in [0.1, 0.15) is 57.9 Å². The van der Waals surface area contributed by atoms with Crippen LogP contribution >= 0.6 is 11.3 Å². The zero-order valence-corrected chi connectivity index (χ0v) is 13.5. The molecule has 19 heavy (non-hydrogen) atoms. The van der Waals surface area contributed by atoms with Crippen molar-refractivity contribution in [3.8, 4) is 0 Å². The van der Waals surface area contributed by atoms with Crippen LogP contribution in [0.15, 0.2) is 6.20 Å². The molecule has 4 heteroatoms. The standard InChI is InChI=1S/C15H27N3S/c1-5-16-12(2)13-11-17-14(19-13)18-9-6-7-15(3,4)8-10-18/h11-12,16H,5-10H2,1-4H3. The molecule has 0 aliphatic carbocycles. The Balaban J connectivity index is 2.02. The second-order valence-electron chi connectivity index (χ2n) is 6.33. The molecule has 1 N–H and O–H groups in total. The monoisotopic (exact) mass is 281 g/mol. The van der Waals surface area contributed by atoms with Gasteiger partial charge in [0, 0.05) is 30.2 Å². The van der Waals surface area contributed by atoms with Gasteiger partial charge in [-0.2, -0.15) is 0 Å². The van der Waals surface area contributed by atoms with Crippen molar-refractivity contribution in [1.29, 1.82) is 0 Å². The molecule has 0 spiro atoms. The molecule has 0 radical (unpaired) electrons. The molecular formula is C15H27N3S. The van der Waals surface area contributed by atoms with E-state index >= 15 is 0 Å². The molecule has 1 aliphatic rings. The molecule has 1 atom stereocenters. The maximum absolute atomic E-state index is 4.64. The Kier molecular flexibility index (Phi) is 4.85. The van der Waals surface area contributed by atoms with Gasteiger partial charge < -0.3 is 10.2 Å². The van der Waals surface area contributed by atoms with Gasteiger partial charge in [0.15, 0.2) is 5.13 Å². The van der Waals surface area contributed by atoms with Crippen LogP contribution in [0.3, 0.4) is 0 Å². The number of rotatable bonds is 4. The van der Waals surface area contributed by atoms with Crippen LogP contribution in [0.5, 0.6) is 0 Å². The van der Waals surface area contributed by atoms with Gasteiger partial charge in [-0.05, 0) is 38.1 Å². The summed E-state index contributed by atoms with van der Waals surface area (Å²) in [6.45, 7) is 12.4. The third kappa shape index (κ3) is 3.93. The van der Waals surface area contributed by atoms with Crippen molar-refractivity contribution in [2.45, 2.75) is 53.0 Å². The first kappa shape index (κ1) is 14.8. The number of hydrogen-bond acceptors (Lipinski definition) is 4. The van der Waals surface area contributed by atoms with Crippen LogP contribution in [-0.2, 0) is 0 Å². The predicted molar refractivity (Wildman–Crippen MR) is 84.1 cm³/mol. The summed E-state index contributed by atoms with van der Waals surface area (Å²) in [7, 11) is 0. The van der Waals surface area contributed by atoms with Crippen molar-refractivity contribution in [3.63, 3.8) is 0 Å². The average Bonchev–Trinajstić information content (AvgIpc) is 2.76. The smallest absolute Gasteiger partial charge is 0.185 e. The van der Waals surface area contributed by atoms with Crippen molar-refractivity contribution in [2.24, 2.45) is 5.41 Å². The minimum absolute atomic E-state index is 0.416.